The minimum absolute atomic E-state index is 0.163. The van der Waals surface area contributed by atoms with Gasteiger partial charge in [-0.2, -0.15) is 5.10 Å². The molecule has 1 atom stereocenters. The van der Waals surface area contributed by atoms with Crippen LogP contribution in [0.25, 0.3) is 0 Å². The smallest absolute Gasteiger partial charge is 0.357 e. The van der Waals surface area contributed by atoms with Crippen molar-refractivity contribution in [3.05, 3.63) is 53.9 Å². The molecule has 0 saturated carbocycles. The lowest BCUT2D eigenvalue weighted by molar-refractivity contribution is -0.142. The summed E-state index contributed by atoms with van der Waals surface area (Å²) in [5.74, 6) is -0.745. The molecule has 1 aromatic carbocycles. The molecule has 120 valence electrons. The molecule has 6 heteroatoms. The van der Waals surface area contributed by atoms with Crippen molar-refractivity contribution in [2.75, 3.05) is 13.1 Å². The molecule has 2 heterocycles. The number of piperidine rings is 1. The molecule has 2 aromatic rings. The van der Waals surface area contributed by atoms with Gasteiger partial charge in [-0.25, -0.2) is 4.79 Å². The Kier molecular flexibility index (Phi) is 4.71. The van der Waals surface area contributed by atoms with E-state index in [4.69, 9.17) is 4.74 Å². The Bertz CT molecular complexity index is 649. The highest BCUT2D eigenvalue weighted by Crippen LogP contribution is 2.23. The van der Waals surface area contributed by atoms with Gasteiger partial charge in [-0.15, -0.1) is 0 Å². The number of hydrogen-bond donors (Lipinski definition) is 1. The summed E-state index contributed by atoms with van der Waals surface area (Å²) >= 11 is 0. The number of rotatable bonds is 4. The maximum Gasteiger partial charge on any atom is 0.357 e. The van der Waals surface area contributed by atoms with Crippen LogP contribution in [0, 0.1) is 0 Å². The van der Waals surface area contributed by atoms with E-state index in [1.807, 2.05) is 18.2 Å². The van der Waals surface area contributed by atoms with E-state index in [2.05, 4.69) is 10.2 Å². The SMILES string of the molecule is O=C(O[C@H](C(=O)N1CCCCC1)c1ccccc1)c1ccn[nH]1. The van der Waals surface area contributed by atoms with Crippen molar-refractivity contribution in [3.63, 3.8) is 0 Å². The van der Waals surface area contributed by atoms with Crippen molar-refractivity contribution < 1.29 is 14.3 Å². The fourth-order valence-corrected chi connectivity index (χ4v) is 2.71. The Labute approximate surface area is 134 Å². The molecule has 3 rings (SSSR count). The Morgan fingerprint density at radius 3 is 2.48 bits per heavy atom. The molecular formula is C17H19N3O3. The number of esters is 1. The predicted molar refractivity (Wildman–Crippen MR) is 83.6 cm³/mol. The molecule has 23 heavy (non-hydrogen) atoms. The van der Waals surface area contributed by atoms with Gasteiger partial charge in [0, 0.05) is 24.8 Å². The molecule has 1 aromatic heterocycles. The first-order chi connectivity index (χ1) is 11.3. The summed E-state index contributed by atoms with van der Waals surface area (Å²) in [6, 6.07) is 10.6. The second-order valence-corrected chi connectivity index (χ2v) is 5.55. The van der Waals surface area contributed by atoms with Gasteiger partial charge in [-0.3, -0.25) is 9.89 Å². The summed E-state index contributed by atoms with van der Waals surface area (Å²) in [6.07, 6.45) is 3.66. The number of amides is 1. The maximum atomic E-state index is 12.8. The normalized spacial score (nSPS) is 15.9. The van der Waals surface area contributed by atoms with Crippen molar-refractivity contribution in [1.82, 2.24) is 15.1 Å². The number of nitrogens with zero attached hydrogens (tertiary/aromatic N) is 2. The standard InChI is InChI=1S/C17H19N3O3/c21-16(20-11-5-2-6-12-20)15(13-7-3-1-4-8-13)23-17(22)14-9-10-18-19-14/h1,3-4,7-10,15H,2,5-6,11-12H2,(H,18,19)/t15-/m0/s1. The zero-order valence-corrected chi connectivity index (χ0v) is 12.8. The number of carbonyl (C=O) groups excluding carboxylic acids is 2. The van der Waals surface area contributed by atoms with Crippen LogP contribution < -0.4 is 0 Å². The quantitative estimate of drug-likeness (QED) is 0.879. The zero-order chi connectivity index (χ0) is 16.1. The molecule has 1 saturated heterocycles. The third-order valence-corrected chi connectivity index (χ3v) is 3.94. The van der Waals surface area contributed by atoms with Crippen molar-refractivity contribution in [2.45, 2.75) is 25.4 Å². The van der Waals surface area contributed by atoms with Gasteiger partial charge >= 0.3 is 5.97 Å². The van der Waals surface area contributed by atoms with E-state index in [1.165, 1.54) is 12.3 Å². The number of likely N-dealkylation sites (tertiary alicyclic amines) is 1. The van der Waals surface area contributed by atoms with Crippen molar-refractivity contribution in [1.29, 1.82) is 0 Å². The number of carbonyl (C=O) groups is 2. The topological polar surface area (TPSA) is 75.3 Å². The van der Waals surface area contributed by atoms with Gasteiger partial charge in [0.05, 0.1) is 0 Å². The molecule has 6 nitrogen and oxygen atoms in total. The molecule has 0 unspecified atom stereocenters. The third-order valence-electron chi connectivity index (χ3n) is 3.94. The maximum absolute atomic E-state index is 12.8. The van der Waals surface area contributed by atoms with Crippen molar-refractivity contribution >= 4 is 11.9 Å². The summed E-state index contributed by atoms with van der Waals surface area (Å²) in [5, 5.41) is 6.30. The number of nitrogens with one attached hydrogen (secondary N) is 1. The van der Waals surface area contributed by atoms with E-state index in [0.29, 0.717) is 18.7 Å². The number of hydrogen-bond acceptors (Lipinski definition) is 4. The average molecular weight is 313 g/mol. The van der Waals surface area contributed by atoms with E-state index in [-0.39, 0.29) is 11.6 Å². The Morgan fingerprint density at radius 1 is 1.09 bits per heavy atom. The molecular weight excluding hydrogens is 294 g/mol. The Balaban J connectivity index is 1.81. The first-order valence-electron chi connectivity index (χ1n) is 7.80. The highest BCUT2D eigenvalue weighted by Gasteiger charge is 2.30. The van der Waals surface area contributed by atoms with Crippen LogP contribution in [0.1, 0.15) is 41.4 Å². The first-order valence-corrected chi connectivity index (χ1v) is 7.80. The van der Waals surface area contributed by atoms with E-state index >= 15 is 0 Å². The largest absolute Gasteiger partial charge is 0.443 e. The van der Waals surface area contributed by atoms with Crippen molar-refractivity contribution in [2.24, 2.45) is 0 Å². The van der Waals surface area contributed by atoms with Crippen LogP contribution in [-0.4, -0.2) is 40.1 Å². The van der Waals surface area contributed by atoms with Gasteiger partial charge in [0.2, 0.25) is 6.10 Å². The number of aromatic nitrogens is 2. The Hall–Kier alpha value is -2.63. The predicted octanol–water partition coefficient (Wildman–Crippen LogP) is 2.32. The van der Waals surface area contributed by atoms with Crippen LogP contribution >= 0.6 is 0 Å². The monoisotopic (exact) mass is 313 g/mol. The highest BCUT2D eigenvalue weighted by atomic mass is 16.5. The van der Waals surface area contributed by atoms with Gasteiger partial charge in [0.15, 0.2) is 0 Å². The van der Waals surface area contributed by atoms with Crippen LogP contribution in [0.4, 0.5) is 0 Å². The number of H-pyrrole nitrogens is 1. The van der Waals surface area contributed by atoms with Crippen LogP contribution in [0.5, 0.6) is 0 Å². The van der Waals surface area contributed by atoms with E-state index in [0.717, 1.165) is 19.3 Å². The second-order valence-electron chi connectivity index (χ2n) is 5.55. The van der Waals surface area contributed by atoms with Crippen LogP contribution in [0.15, 0.2) is 42.6 Å². The number of ether oxygens (including phenoxy) is 1. The highest BCUT2D eigenvalue weighted by molar-refractivity contribution is 5.91. The summed E-state index contributed by atoms with van der Waals surface area (Å²) in [6.45, 7) is 1.42. The third kappa shape index (κ3) is 3.59. The summed E-state index contributed by atoms with van der Waals surface area (Å²) in [7, 11) is 0. The molecule has 0 aliphatic carbocycles. The van der Waals surface area contributed by atoms with Crippen LogP contribution in [0.3, 0.4) is 0 Å². The molecule has 0 radical (unpaired) electrons. The van der Waals surface area contributed by atoms with Gasteiger partial charge in [0.25, 0.3) is 5.91 Å². The van der Waals surface area contributed by atoms with Crippen molar-refractivity contribution in [3.8, 4) is 0 Å². The molecule has 1 aliphatic heterocycles. The zero-order valence-electron chi connectivity index (χ0n) is 12.8. The lowest BCUT2D eigenvalue weighted by Gasteiger charge is -2.30. The molecule has 1 aliphatic rings. The second kappa shape index (κ2) is 7.09. The minimum Gasteiger partial charge on any atom is -0.443 e. The molecule has 1 amide bonds. The fraction of sp³-hybridized carbons (Fsp3) is 0.353. The summed E-state index contributed by atoms with van der Waals surface area (Å²) < 4.78 is 5.49. The van der Waals surface area contributed by atoms with Gasteiger partial charge in [0.1, 0.15) is 5.69 Å². The van der Waals surface area contributed by atoms with Gasteiger partial charge < -0.3 is 9.64 Å². The minimum atomic E-state index is -0.926. The summed E-state index contributed by atoms with van der Waals surface area (Å²) in [4.78, 5) is 26.8. The van der Waals surface area contributed by atoms with Gasteiger partial charge in [-0.05, 0) is 25.3 Å². The number of aromatic amines is 1. The molecule has 0 bridgehead atoms. The van der Waals surface area contributed by atoms with E-state index in [1.54, 1.807) is 17.0 Å². The number of benzene rings is 1. The van der Waals surface area contributed by atoms with E-state index in [9.17, 15) is 9.59 Å². The first kappa shape index (κ1) is 15.3. The van der Waals surface area contributed by atoms with Crippen LogP contribution in [0.2, 0.25) is 0 Å². The summed E-state index contributed by atoms with van der Waals surface area (Å²) in [5.41, 5.74) is 0.910. The Morgan fingerprint density at radius 2 is 1.83 bits per heavy atom. The average Bonchev–Trinajstić information content (AvgIpc) is 3.15. The molecule has 1 fully saturated rings. The van der Waals surface area contributed by atoms with E-state index < -0.39 is 12.1 Å². The fourth-order valence-electron chi connectivity index (χ4n) is 2.71. The van der Waals surface area contributed by atoms with Gasteiger partial charge in [-0.1, -0.05) is 30.3 Å². The lowest BCUT2D eigenvalue weighted by Crippen LogP contribution is -2.40. The lowest BCUT2D eigenvalue weighted by atomic mass is 10.1. The van der Waals surface area contributed by atoms with Crippen LogP contribution in [-0.2, 0) is 9.53 Å². The molecule has 0 spiro atoms. The molecule has 1 N–H and O–H groups in total.